The molecule has 7 nitrogen and oxygen atoms in total. The molecule has 0 radical (unpaired) electrons. The molecule has 0 spiro atoms. The SMILES string of the molecule is CC(=O)C(=NNc1cccc2c1C(=O)N(C(c1ccccc1)c1ccccc1)C2=O)C(=S)c1ccco1. The molecular formula is C29H21N3O4S. The number of ketones is 1. The minimum atomic E-state index is -0.620. The number of benzene rings is 3. The molecule has 4 aromatic rings. The summed E-state index contributed by atoms with van der Waals surface area (Å²) in [7, 11) is 0. The van der Waals surface area contributed by atoms with Crippen LogP contribution in [0.25, 0.3) is 0 Å². The number of carbonyl (C=O) groups excluding carboxylic acids is 3. The highest BCUT2D eigenvalue weighted by molar-refractivity contribution is 7.83. The number of fused-ring (bicyclic) bond motifs is 1. The van der Waals surface area contributed by atoms with Gasteiger partial charge in [0.1, 0.15) is 16.3 Å². The maximum atomic E-state index is 13.8. The van der Waals surface area contributed by atoms with Gasteiger partial charge in [0.2, 0.25) is 0 Å². The number of nitrogens with one attached hydrogen (secondary N) is 1. The molecule has 37 heavy (non-hydrogen) atoms. The molecule has 8 heteroatoms. The van der Waals surface area contributed by atoms with Gasteiger partial charge in [-0.05, 0) is 35.4 Å². The van der Waals surface area contributed by atoms with Gasteiger partial charge in [-0.1, -0.05) is 78.9 Å². The minimum Gasteiger partial charge on any atom is -0.463 e. The first-order valence-electron chi connectivity index (χ1n) is 11.5. The van der Waals surface area contributed by atoms with Gasteiger partial charge in [0.05, 0.1) is 29.1 Å². The molecule has 1 N–H and O–H groups in total. The Morgan fingerprint density at radius 3 is 2.08 bits per heavy atom. The number of carbonyl (C=O) groups is 3. The van der Waals surface area contributed by atoms with E-state index < -0.39 is 17.9 Å². The third kappa shape index (κ3) is 4.50. The zero-order chi connectivity index (χ0) is 25.9. The van der Waals surface area contributed by atoms with Crippen molar-refractivity contribution in [3.8, 4) is 0 Å². The average molecular weight is 508 g/mol. The van der Waals surface area contributed by atoms with Gasteiger partial charge in [-0.3, -0.25) is 24.7 Å². The summed E-state index contributed by atoms with van der Waals surface area (Å²) in [4.78, 5) is 41.1. The molecule has 0 bridgehead atoms. The molecule has 0 fully saturated rings. The highest BCUT2D eigenvalue weighted by Crippen LogP contribution is 2.38. The van der Waals surface area contributed by atoms with E-state index in [0.717, 1.165) is 11.1 Å². The zero-order valence-electron chi connectivity index (χ0n) is 19.8. The number of hydrazone groups is 1. The molecule has 182 valence electrons. The van der Waals surface area contributed by atoms with Crippen LogP contribution >= 0.6 is 12.2 Å². The molecule has 3 aromatic carbocycles. The Balaban J connectivity index is 1.54. The Hall–Kier alpha value is -4.69. The van der Waals surface area contributed by atoms with Crippen LogP contribution in [0.5, 0.6) is 0 Å². The fourth-order valence-corrected chi connectivity index (χ4v) is 4.63. The number of amides is 2. The van der Waals surface area contributed by atoms with Crippen molar-refractivity contribution in [2.45, 2.75) is 13.0 Å². The predicted octanol–water partition coefficient (Wildman–Crippen LogP) is 5.44. The van der Waals surface area contributed by atoms with E-state index in [1.54, 1.807) is 30.3 Å². The summed E-state index contributed by atoms with van der Waals surface area (Å²) in [6.45, 7) is 1.34. The second kappa shape index (κ2) is 10.1. The number of hydrogen-bond donors (Lipinski definition) is 1. The van der Waals surface area contributed by atoms with Crippen molar-refractivity contribution in [1.82, 2.24) is 4.90 Å². The van der Waals surface area contributed by atoms with Crippen LogP contribution in [0.4, 0.5) is 5.69 Å². The number of hydrogen-bond acceptors (Lipinski definition) is 7. The van der Waals surface area contributed by atoms with E-state index in [2.05, 4.69) is 10.5 Å². The highest BCUT2D eigenvalue weighted by Gasteiger charge is 2.42. The maximum absolute atomic E-state index is 13.8. The maximum Gasteiger partial charge on any atom is 0.264 e. The Kier molecular flexibility index (Phi) is 6.57. The molecule has 0 atom stereocenters. The van der Waals surface area contributed by atoms with Crippen molar-refractivity contribution in [2.75, 3.05) is 5.43 Å². The van der Waals surface area contributed by atoms with Crippen molar-refractivity contribution < 1.29 is 18.8 Å². The number of Topliss-reactive ketones (excluding diaryl/α,β-unsaturated/α-hetero) is 1. The zero-order valence-corrected chi connectivity index (χ0v) is 20.6. The summed E-state index contributed by atoms with van der Waals surface area (Å²) in [5.41, 5.74) is 5.10. The minimum absolute atomic E-state index is 0.0253. The Bertz CT molecular complexity index is 1490. The monoisotopic (exact) mass is 507 g/mol. The van der Waals surface area contributed by atoms with E-state index in [9.17, 15) is 14.4 Å². The summed E-state index contributed by atoms with van der Waals surface area (Å²) in [6.07, 6.45) is 1.45. The summed E-state index contributed by atoms with van der Waals surface area (Å²) < 4.78 is 5.30. The second-order valence-corrected chi connectivity index (χ2v) is 8.78. The van der Waals surface area contributed by atoms with Crippen LogP contribution in [0, 0.1) is 0 Å². The van der Waals surface area contributed by atoms with Crippen LogP contribution in [-0.2, 0) is 4.79 Å². The average Bonchev–Trinajstić information content (AvgIpc) is 3.54. The quantitative estimate of drug-likeness (QED) is 0.112. The third-order valence-electron chi connectivity index (χ3n) is 6.02. The molecule has 1 aliphatic heterocycles. The van der Waals surface area contributed by atoms with Gasteiger partial charge in [-0.15, -0.1) is 0 Å². The van der Waals surface area contributed by atoms with Gasteiger partial charge in [-0.25, -0.2) is 0 Å². The normalized spacial score (nSPS) is 13.1. The first-order chi connectivity index (χ1) is 18.0. The van der Waals surface area contributed by atoms with Crippen LogP contribution in [-0.4, -0.2) is 33.1 Å². The number of imide groups is 1. The standard InChI is InChI=1S/C29H21N3O4S/c1-18(33)25(27(37)23-16-9-17-36-23)31-30-22-15-8-14-21-24(22)29(35)32(28(21)34)26(19-10-4-2-5-11-19)20-12-6-3-7-13-20/h2-17,26,30H,1H3. The molecule has 1 aromatic heterocycles. The Morgan fingerprint density at radius 2 is 1.51 bits per heavy atom. The Labute approximate surface area is 218 Å². The topological polar surface area (TPSA) is 92.0 Å². The van der Waals surface area contributed by atoms with Crippen LogP contribution < -0.4 is 5.43 Å². The van der Waals surface area contributed by atoms with Gasteiger partial charge >= 0.3 is 0 Å². The highest BCUT2D eigenvalue weighted by atomic mass is 32.1. The van der Waals surface area contributed by atoms with Crippen LogP contribution in [0.3, 0.4) is 0 Å². The smallest absolute Gasteiger partial charge is 0.264 e. The van der Waals surface area contributed by atoms with E-state index in [-0.39, 0.29) is 27.5 Å². The van der Waals surface area contributed by atoms with E-state index >= 15 is 0 Å². The van der Waals surface area contributed by atoms with Crippen LogP contribution in [0.15, 0.2) is 107 Å². The van der Waals surface area contributed by atoms with Crippen LogP contribution in [0.1, 0.15) is 50.6 Å². The molecule has 1 aliphatic rings. The van der Waals surface area contributed by atoms with Crippen molar-refractivity contribution in [2.24, 2.45) is 5.10 Å². The fourth-order valence-electron chi connectivity index (χ4n) is 4.32. The van der Waals surface area contributed by atoms with E-state index in [1.165, 1.54) is 18.1 Å². The molecule has 0 saturated heterocycles. The molecule has 0 unspecified atom stereocenters. The number of thiocarbonyl (C=S) groups is 1. The van der Waals surface area contributed by atoms with Crippen molar-refractivity contribution in [3.63, 3.8) is 0 Å². The lowest BCUT2D eigenvalue weighted by Gasteiger charge is -2.27. The first-order valence-corrected chi connectivity index (χ1v) is 11.9. The largest absolute Gasteiger partial charge is 0.463 e. The van der Waals surface area contributed by atoms with E-state index in [4.69, 9.17) is 16.6 Å². The van der Waals surface area contributed by atoms with Crippen molar-refractivity contribution >= 4 is 46.1 Å². The van der Waals surface area contributed by atoms with E-state index in [0.29, 0.717) is 11.4 Å². The number of furan rings is 1. The Morgan fingerprint density at radius 1 is 0.865 bits per heavy atom. The van der Waals surface area contributed by atoms with Gasteiger partial charge in [0.15, 0.2) is 5.78 Å². The third-order valence-corrected chi connectivity index (χ3v) is 6.41. The summed E-state index contributed by atoms with van der Waals surface area (Å²) in [5, 5.41) is 4.21. The molecule has 2 heterocycles. The lowest BCUT2D eigenvalue weighted by atomic mass is 9.97. The summed E-state index contributed by atoms with van der Waals surface area (Å²) in [6, 6.07) is 26.4. The molecule has 2 amide bonds. The molecule has 0 aliphatic carbocycles. The lowest BCUT2D eigenvalue weighted by molar-refractivity contribution is -0.110. The molecule has 0 saturated carbocycles. The number of anilines is 1. The summed E-state index contributed by atoms with van der Waals surface area (Å²) >= 11 is 5.38. The molecular weight excluding hydrogens is 486 g/mol. The van der Waals surface area contributed by atoms with Crippen LogP contribution in [0.2, 0.25) is 0 Å². The summed E-state index contributed by atoms with van der Waals surface area (Å²) in [5.74, 6) is -0.925. The lowest BCUT2D eigenvalue weighted by Crippen LogP contribution is -2.34. The van der Waals surface area contributed by atoms with Crippen molar-refractivity contribution in [3.05, 3.63) is 125 Å². The van der Waals surface area contributed by atoms with Gasteiger partial charge < -0.3 is 4.42 Å². The van der Waals surface area contributed by atoms with Gasteiger partial charge in [0.25, 0.3) is 11.8 Å². The number of nitrogens with zero attached hydrogens (tertiary/aromatic N) is 2. The fraction of sp³-hybridized carbons (Fsp3) is 0.0690. The first kappa shape index (κ1) is 24.0. The predicted molar refractivity (Wildman–Crippen MR) is 144 cm³/mol. The van der Waals surface area contributed by atoms with Gasteiger partial charge in [-0.2, -0.15) is 5.10 Å². The second-order valence-electron chi connectivity index (χ2n) is 8.37. The van der Waals surface area contributed by atoms with Crippen molar-refractivity contribution in [1.29, 1.82) is 0 Å². The molecule has 5 rings (SSSR count). The van der Waals surface area contributed by atoms with Gasteiger partial charge in [0, 0.05) is 6.92 Å². The number of rotatable bonds is 8. The van der Waals surface area contributed by atoms with E-state index in [1.807, 2.05) is 60.7 Å².